The van der Waals surface area contributed by atoms with Gasteiger partial charge in [0, 0.05) is 33.1 Å². The highest BCUT2D eigenvalue weighted by Crippen LogP contribution is 2.30. The Hall–Kier alpha value is -1.69. The van der Waals surface area contributed by atoms with Gasteiger partial charge in [0.2, 0.25) is 11.8 Å². The highest BCUT2D eigenvalue weighted by Gasteiger charge is 2.29. The molecule has 2 amide bonds. The van der Waals surface area contributed by atoms with E-state index < -0.39 is 0 Å². The van der Waals surface area contributed by atoms with Crippen molar-refractivity contribution in [3.05, 3.63) is 58.1 Å². The van der Waals surface area contributed by atoms with Gasteiger partial charge in [0.15, 0.2) is 0 Å². The summed E-state index contributed by atoms with van der Waals surface area (Å²) in [6.45, 7) is 0. The molecule has 2 aromatic rings. The van der Waals surface area contributed by atoms with Crippen molar-refractivity contribution >= 4 is 58.2 Å². The molecule has 2 N–H and O–H groups in total. The number of nitrogens with one attached hydrogen (secondary N) is 2. The lowest BCUT2D eigenvalue weighted by Crippen LogP contribution is -2.15. The quantitative estimate of drug-likeness (QED) is 0.660. The molecule has 26 heavy (non-hydrogen) atoms. The molecule has 0 aliphatic heterocycles. The normalized spacial score (nSPS) is 13.3. The molecule has 1 aliphatic rings. The summed E-state index contributed by atoms with van der Waals surface area (Å²) in [6.07, 6.45) is 1.94. The van der Waals surface area contributed by atoms with E-state index in [1.807, 2.05) is 6.07 Å². The third-order valence-corrected chi connectivity index (χ3v) is 5.46. The van der Waals surface area contributed by atoms with Crippen LogP contribution < -0.4 is 10.6 Å². The van der Waals surface area contributed by atoms with Crippen LogP contribution in [0.3, 0.4) is 0 Å². The van der Waals surface area contributed by atoms with Gasteiger partial charge < -0.3 is 10.6 Å². The number of thioether (sulfide) groups is 1. The van der Waals surface area contributed by atoms with E-state index in [2.05, 4.69) is 10.6 Å². The Kier molecular flexibility index (Phi) is 6.46. The molecule has 1 aliphatic carbocycles. The fourth-order valence-corrected chi connectivity index (χ4v) is 3.70. The highest BCUT2D eigenvalue weighted by atomic mass is 35.5. The fourth-order valence-electron chi connectivity index (χ4n) is 2.32. The summed E-state index contributed by atoms with van der Waals surface area (Å²) in [6, 6.07) is 12.5. The lowest BCUT2D eigenvalue weighted by Gasteiger charge is -2.08. The number of carbonyl (C=O) groups is 2. The Labute approximate surface area is 166 Å². The van der Waals surface area contributed by atoms with Crippen molar-refractivity contribution in [3.63, 3.8) is 0 Å². The van der Waals surface area contributed by atoms with Crippen molar-refractivity contribution in [1.29, 1.82) is 0 Å². The van der Waals surface area contributed by atoms with Crippen molar-refractivity contribution in [2.45, 2.75) is 18.6 Å². The fraction of sp³-hybridized carbons (Fsp3) is 0.263. The van der Waals surface area contributed by atoms with Gasteiger partial charge in [0.1, 0.15) is 0 Å². The maximum Gasteiger partial charge on any atom is 0.234 e. The summed E-state index contributed by atoms with van der Waals surface area (Å²) in [5.41, 5.74) is 2.39. The molecule has 136 valence electrons. The minimum absolute atomic E-state index is 0.0686. The predicted molar refractivity (Wildman–Crippen MR) is 109 cm³/mol. The van der Waals surface area contributed by atoms with Gasteiger partial charge in [-0.1, -0.05) is 29.3 Å². The van der Waals surface area contributed by atoms with Gasteiger partial charge in [0.25, 0.3) is 0 Å². The molecule has 3 rings (SSSR count). The van der Waals surface area contributed by atoms with Crippen LogP contribution in [0.5, 0.6) is 0 Å². The smallest absolute Gasteiger partial charge is 0.234 e. The Morgan fingerprint density at radius 2 is 1.65 bits per heavy atom. The number of halogens is 2. The molecule has 0 aromatic heterocycles. The van der Waals surface area contributed by atoms with E-state index in [9.17, 15) is 9.59 Å². The number of hydrogen-bond donors (Lipinski definition) is 2. The first-order valence-corrected chi connectivity index (χ1v) is 10.1. The topological polar surface area (TPSA) is 58.2 Å². The van der Waals surface area contributed by atoms with E-state index in [4.69, 9.17) is 23.2 Å². The molecule has 7 heteroatoms. The summed E-state index contributed by atoms with van der Waals surface area (Å²) in [7, 11) is 0. The second-order valence-corrected chi connectivity index (χ2v) is 7.95. The molecule has 1 fully saturated rings. The zero-order valence-corrected chi connectivity index (χ0v) is 16.3. The maximum absolute atomic E-state index is 12.0. The van der Waals surface area contributed by atoms with Crippen LogP contribution in [0.25, 0.3) is 0 Å². The maximum atomic E-state index is 12.0. The van der Waals surface area contributed by atoms with Gasteiger partial charge in [-0.05, 0) is 54.8 Å². The zero-order valence-electron chi connectivity index (χ0n) is 13.9. The molecule has 1 saturated carbocycles. The zero-order chi connectivity index (χ0) is 18.5. The Morgan fingerprint density at radius 3 is 2.27 bits per heavy atom. The highest BCUT2D eigenvalue weighted by molar-refractivity contribution is 7.99. The summed E-state index contributed by atoms with van der Waals surface area (Å²) >= 11 is 13.5. The molecular weight excluding hydrogens is 391 g/mol. The SMILES string of the molecule is O=C(CSCc1ccc(Cl)cc1Cl)Nc1ccc(NC(=O)C2CC2)cc1. The molecule has 0 atom stereocenters. The molecule has 2 aromatic carbocycles. The van der Waals surface area contributed by atoms with Crippen molar-refractivity contribution in [3.8, 4) is 0 Å². The monoisotopic (exact) mass is 408 g/mol. The van der Waals surface area contributed by atoms with Crippen molar-refractivity contribution in [2.75, 3.05) is 16.4 Å². The van der Waals surface area contributed by atoms with Crippen LogP contribution in [-0.2, 0) is 15.3 Å². The second kappa shape index (κ2) is 8.80. The van der Waals surface area contributed by atoms with Gasteiger partial charge in [-0.3, -0.25) is 9.59 Å². The molecule has 0 saturated heterocycles. The predicted octanol–water partition coefficient (Wildman–Crippen LogP) is 5.21. The number of rotatable bonds is 7. The number of anilines is 2. The standard InChI is InChI=1S/C19H18Cl2N2O2S/c20-14-4-3-13(17(21)9-14)10-26-11-18(24)22-15-5-7-16(8-6-15)23-19(25)12-1-2-12/h3-9,12H,1-2,10-11H2,(H,22,24)(H,23,25). The Morgan fingerprint density at radius 1 is 1.00 bits per heavy atom. The van der Waals surface area contributed by atoms with E-state index >= 15 is 0 Å². The molecule has 0 unspecified atom stereocenters. The van der Waals surface area contributed by atoms with Gasteiger partial charge in [-0.15, -0.1) is 11.8 Å². The summed E-state index contributed by atoms with van der Waals surface area (Å²) in [5.74, 6) is 1.10. The van der Waals surface area contributed by atoms with Crippen LogP contribution in [0.4, 0.5) is 11.4 Å². The molecule has 4 nitrogen and oxygen atoms in total. The minimum Gasteiger partial charge on any atom is -0.326 e. The van der Waals surface area contributed by atoms with E-state index in [0.717, 1.165) is 24.1 Å². The van der Waals surface area contributed by atoms with Gasteiger partial charge in [0.05, 0.1) is 5.75 Å². The van der Waals surface area contributed by atoms with Crippen LogP contribution in [0.15, 0.2) is 42.5 Å². The van der Waals surface area contributed by atoms with Crippen LogP contribution in [-0.4, -0.2) is 17.6 Å². The second-order valence-electron chi connectivity index (χ2n) is 6.12. The first kappa shape index (κ1) is 19.1. The summed E-state index contributed by atoms with van der Waals surface area (Å²) in [5, 5.41) is 6.91. The molecule has 0 spiro atoms. The van der Waals surface area contributed by atoms with Gasteiger partial charge in [-0.25, -0.2) is 0 Å². The summed E-state index contributed by atoms with van der Waals surface area (Å²) < 4.78 is 0. The molecule has 0 heterocycles. The summed E-state index contributed by atoms with van der Waals surface area (Å²) in [4.78, 5) is 23.8. The average molecular weight is 409 g/mol. The first-order chi connectivity index (χ1) is 12.5. The van der Waals surface area contributed by atoms with Crippen molar-refractivity contribution < 1.29 is 9.59 Å². The van der Waals surface area contributed by atoms with Crippen LogP contribution in [0, 0.1) is 5.92 Å². The largest absolute Gasteiger partial charge is 0.326 e. The average Bonchev–Trinajstić information content (AvgIpc) is 3.44. The van der Waals surface area contributed by atoms with Gasteiger partial charge >= 0.3 is 0 Å². The number of amides is 2. The molecule has 0 bridgehead atoms. The van der Waals surface area contributed by atoms with E-state index in [1.54, 1.807) is 36.4 Å². The molecule has 0 radical (unpaired) electrons. The van der Waals surface area contributed by atoms with E-state index in [1.165, 1.54) is 11.8 Å². The van der Waals surface area contributed by atoms with Crippen molar-refractivity contribution in [2.24, 2.45) is 5.92 Å². The van der Waals surface area contributed by atoms with E-state index in [-0.39, 0.29) is 17.7 Å². The van der Waals surface area contributed by atoms with Crippen LogP contribution in [0.2, 0.25) is 10.0 Å². The Bertz CT molecular complexity index is 808. The first-order valence-electron chi connectivity index (χ1n) is 8.24. The van der Waals surface area contributed by atoms with E-state index in [0.29, 0.717) is 27.2 Å². The third kappa shape index (κ3) is 5.66. The lowest BCUT2D eigenvalue weighted by molar-refractivity contribution is -0.117. The van der Waals surface area contributed by atoms with Crippen LogP contribution in [0.1, 0.15) is 18.4 Å². The molecular formula is C19H18Cl2N2O2S. The Balaban J connectivity index is 1.43. The number of benzene rings is 2. The van der Waals surface area contributed by atoms with Crippen LogP contribution >= 0.6 is 35.0 Å². The lowest BCUT2D eigenvalue weighted by atomic mass is 10.2. The van der Waals surface area contributed by atoms with Crippen molar-refractivity contribution in [1.82, 2.24) is 0 Å². The number of carbonyl (C=O) groups excluding carboxylic acids is 2. The van der Waals surface area contributed by atoms with Gasteiger partial charge in [-0.2, -0.15) is 0 Å². The number of hydrogen-bond acceptors (Lipinski definition) is 3. The minimum atomic E-state index is -0.0881. The third-order valence-electron chi connectivity index (χ3n) is 3.89.